The second-order valence-corrected chi connectivity index (χ2v) is 5.87. The van der Waals surface area contributed by atoms with Crippen LogP contribution in [0.4, 0.5) is 8.78 Å². The van der Waals surface area contributed by atoms with E-state index in [0.29, 0.717) is 16.2 Å². The van der Waals surface area contributed by atoms with Gasteiger partial charge < -0.3 is 5.32 Å². The van der Waals surface area contributed by atoms with E-state index in [0.717, 1.165) is 31.9 Å². The molecule has 0 fully saturated rings. The first-order valence-electron chi connectivity index (χ1n) is 6.97. The quantitative estimate of drug-likeness (QED) is 0.701. The second-order valence-electron chi connectivity index (χ2n) is 4.59. The summed E-state index contributed by atoms with van der Waals surface area (Å²) in [7, 11) is 0. The molecule has 4 heteroatoms. The van der Waals surface area contributed by atoms with Crippen molar-refractivity contribution < 1.29 is 8.78 Å². The Morgan fingerprint density at radius 2 is 1.95 bits per heavy atom. The highest BCUT2D eigenvalue weighted by molar-refractivity contribution is 8.00. The lowest BCUT2D eigenvalue weighted by Gasteiger charge is -2.26. The van der Waals surface area contributed by atoms with Crippen LogP contribution in [0.2, 0.25) is 0 Å². The van der Waals surface area contributed by atoms with E-state index in [2.05, 4.69) is 26.1 Å². The number of nitrogens with one attached hydrogen (secondary N) is 1. The van der Waals surface area contributed by atoms with Gasteiger partial charge in [-0.2, -0.15) is 0 Å². The number of rotatable bonds is 8. The molecule has 0 amide bonds. The van der Waals surface area contributed by atoms with E-state index in [1.165, 1.54) is 23.9 Å². The van der Waals surface area contributed by atoms with Gasteiger partial charge in [-0.15, -0.1) is 11.8 Å². The zero-order valence-electron chi connectivity index (χ0n) is 11.9. The third kappa shape index (κ3) is 5.11. The first-order chi connectivity index (χ1) is 9.12. The van der Waals surface area contributed by atoms with Crippen molar-refractivity contribution >= 4 is 11.8 Å². The molecule has 0 aliphatic carbocycles. The van der Waals surface area contributed by atoms with E-state index in [9.17, 15) is 8.78 Å². The summed E-state index contributed by atoms with van der Waals surface area (Å²) >= 11 is 1.51. The van der Waals surface area contributed by atoms with Gasteiger partial charge in [0.15, 0.2) is 0 Å². The van der Waals surface area contributed by atoms with Crippen LogP contribution in [0.15, 0.2) is 23.1 Å². The number of hydrogen-bond acceptors (Lipinski definition) is 2. The van der Waals surface area contributed by atoms with Crippen LogP contribution < -0.4 is 5.32 Å². The predicted molar refractivity (Wildman–Crippen MR) is 78.7 cm³/mol. The Morgan fingerprint density at radius 3 is 2.47 bits per heavy atom. The standard InChI is InChI=1S/C15H23F2NS/c1-4-7-13(18-6-3)14(5-2)19-15-9-8-11(16)10-12(15)17/h8-10,13-14,18H,4-7H2,1-3H3. The van der Waals surface area contributed by atoms with Gasteiger partial charge in [0.1, 0.15) is 11.6 Å². The highest BCUT2D eigenvalue weighted by atomic mass is 32.2. The molecule has 0 saturated heterocycles. The van der Waals surface area contributed by atoms with Gasteiger partial charge in [0.05, 0.1) is 0 Å². The lowest BCUT2D eigenvalue weighted by molar-refractivity contribution is 0.465. The first-order valence-corrected chi connectivity index (χ1v) is 7.85. The van der Waals surface area contributed by atoms with Crippen molar-refractivity contribution in [2.45, 2.75) is 56.2 Å². The molecule has 0 bridgehead atoms. The fourth-order valence-electron chi connectivity index (χ4n) is 2.18. The van der Waals surface area contributed by atoms with Crippen LogP contribution in [0.5, 0.6) is 0 Å². The molecule has 1 aromatic carbocycles. The van der Waals surface area contributed by atoms with Gasteiger partial charge >= 0.3 is 0 Å². The molecular formula is C15H23F2NS. The van der Waals surface area contributed by atoms with Crippen molar-refractivity contribution in [2.24, 2.45) is 0 Å². The molecule has 0 saturated carbocycles. The van der Waals surface area contributed by atoms with E-state index < -0.39 is 11.6 Å². The van der Waals surface area contributed by atoms with Crippen molar-refractivity contribution in [2.75, 3.05) is 6.54 Å². The van der Waals surface area contributed by atoms with Crippen LogP contribution in [-0.4, -0.2) is 17.8 Å². The summed E-state index contributed by atoms with van der Waals surface area (Å²) in [5.74, 6) is -0.984. The summed E-state index contributed by atoms with van der Waals surface area (Å²) in [6.45, 7) is 7.26. The fraction of sp³-hybridized carbons (Fsp3) is 0.600. The third-order valence-electron chi connectivity index (χ3n) is 3.09. The molecule has 1 aromatic rings. The van der Waals surface area contributed by atoms with E-state index in [1.807, 2.05) is 0 Å². The SMILES string of the molecule is CCCC(NCC)C(CC)Sc1ccc(F)cc1F. The largest absolute Gasteiger partial charge is 0.313 e. The average Bonchev–Trinajstić information content (AvgIpc) is 2.38. The number of halogens is 2. The monoisotopic (exact) mass is 287 g/mol. The van der Waals surface area contributed by atoms with Crippen molar-refractivity contribution in [3.63, 3.8) is 0 Å². The van der Waals surface area contributed by atoms with Crippen molar-refractivity contribution in [3.05, 3.63) is 29.8 Å². The Hall–Kier alpha value is -0.610. The molecule has 19 heavy (non-hydrogen) atoms. The number of thioether (sulfide) groups is 1. The lowest BCUT2D eigenvalue weighted by Crippen LogP contribution is -2.37. The fourth-order valence-corrected chi connectivity index (χ4v) is 3.38. The molecule has 2 atom stereocenters. The van der Waals surface area contributed by atoms with Gasteiger partial charge in [0.2, 0.25) is 0 Å². The molecule has 0 aromatic heterocycles. The lowest BCUT2D eigenvalue weighted by atomic mass is 10.1. The maximum atomic E-state index is 13.7. The van der Waals surface area contributed by atoms with Crippen LogP contribution >= 0.6 is 11.8 Å². The molecule has 108 valence electrons. The third-order valence-corrected chi connectivity index (χ3v) is 4.64. The Morgan fingerprint density at radius 1 is 1.21 bits per heavy atom. The van der Waals surface area contributed by atoms with Crippen molar-refractivity contribution in [1.29, 1.82) is 0 Å². The Bertz CT molecular complexity index is 378. The van der Waals surface area contributed by atoms with Crippen molar-refractivity contribution in [3.8, 4) is 0 Å². The molecular weight excluding hydrogens is 264 g/mol. The molecule has 0 aliphatic rings. The summed E-state index contributed by atoms with van der Waals surface area (Å²) in [5, 5.41) is 3.77. The number of hydrogen-bond donors (Lipinski definition) is 1. The summed E-state index contributed by atoms with van der Waals surface area (Å²) in [5.41, 5.74) is 0. The van der Waals surface area contributed by atoms with Crippen LogP contribution in [0.25, 0.3) is 0 Å². The van der Waals surface area contributed by atoms with Gasteiger partial charge in [-0.05, 0) is 31.5 Å². The maximum absolute atomic E-state index is 13.7. The van der Waals surface area contributed by atoms with Crippen molar-refractivity contribution in [1.82, 2.24) is 5.32 Å². The minimum absolute atomic E-state index is 0.305. The normalized spacial score (nSPS) is 14.4. The topological polar surface area (TPSA) is 12.0 Å². The van der Waals surface area contributed by atoms with E-state index >= 15 is 0 Å². The Labute approximate surface area is 119 Å². The highest BCUT2D eigenvalue weighted by Crippen LogP contribution is 2.31. The van der Waals surface area contributed by atoms with E-state index in [1.54, 1.807) is 0 Å². The zero-order valence-corrected chi connectivity index (χ0v) is 12.7. The van der Waals surface area contributed by atoms with Crippen LogP contribution in [0, 0.1) is 11.6 Å². The molecule has 0 aliphatic heterocycles. The number of benzene rings is 1. The van der Waals surface area contributed by atoms with Gasteiger partial charge in [0.25, 0.3) is 0 Å². The second kappa shape index (κ2) is 8.54. The van der Waals surface area contributed by atoms with Crippen LogP contribution in [-0.2, 0) is 0 Å². The molecule has 2 unspecified atom stereocenters. The summed E-state index contributed by atoms with van der Waals surface area (Å²) < 4.78 is 26.6. The Kier molecular flexibility index (Phi) is 7.39. The Balaban J connectivity index is 2.78. The van der Waals surface area contributed by atoms with Gasteiger partial charge in [-0.25, -0.2) is 8.78 Å². The molecule has 1 rings (SSSR count). The first kappa shape index (κ1) is 16.4. The van der Waals surface area contributed by atoms with Gasteiger partial charge in [0, 0.05) is 22.3 Å². The highest BCUT2D eigenvalue weighted by Gasteiger charge is 2.21. The average molecular weight is 287 g/mol. The smallest absolute Gasteiger partial charge is 0.139 e. The summed E-state index contributed by atoms with van der Waals surface area (Å²) in [4.78, 5) is 0.534. The zero-order chi connectivity index (χ0) is 14.3. The van der Waals surface area contributed by atoms with Gasteiger partial charge in [-0.3, -0.25) is 0 Å². The maximum Gasteiger partial charge on any atom is 0.139 e. The van der Waals surface area contributed by atoms with E-state index in [-0.39, 0.29) is 0 Å². The minimum Gasteiger partial charge on any atom is -0.313 e. The summed E-state index contributed by atoms with van der Waals surface area (Å²) in [6, 6.07) is 4.18. The molecule has 0 spiro atoms. The molecule has 0 heterocycles. The molecule has 1 N–H and O–H groups in total. The summed E-state index contributed by atoms with van der Waals surface area (Å²) in [6.07, 6.45) is 3.13. The van der Waals surface area contributed by atoms with Gasteiger partial charge in [-0.1, -0.05) is 27.2 Å². The van der Waals surface area contributed by atoms with Crippen LogP contribution in [0.1, 0.15) is 40.0 Å². The van der Waals surface area contributed by atoms with Crippen LogP contribution in [0.3, 0.4) is 0 Å². The predicted octanol–water partition coefficient (Wildman–Crippen LogP) is 4.61. The molecule has 0 radical (unpaired) electrons. The van der Waals surface area contributed by atoms with E-state index in [4.69, 9.17) is 0 Å². The molecule has 1 nitrogen and oxygen atoms in total. The minimum atomic E-state index is -0.522.